The normalized spacial score (nSPS) is 20.2. The molecular weight excluding hydrogens is 513 g/mol. The molecule has 2 fully saturated rings. The average molecular weight is 546 g/mol. The second kappa shape index (κ2) is 11.4. The lowest BCUT2D eigenvalue weighted by molar-refractivity contribution is -0.189. The SMILES string of the molecule is COc1ccc(CNC(=O)N2C3CN(C(C)c4ccc(F)cc4)C(=O)C(c4ccccc4)N3C(=O)CN2C)cc1. The van der Waals surface area contributed by atoms with Crippen LogP contribution in [0, 0.1) is 5.82 Å². The number of amides is 4. The molecule has 4 amide bonds. The lowest BCUT2D eigenvalue weighted by Gasteiger charge is -2.55. The molecule has 0 aromatic heterocycles. The van der Waals surface area contributed by atoms with Gasteiger partial charge in [-0.1, -0.05) is 54.6 Å². The lowest BCUT2D eigenvalue weighted by Crippen LogP contribution is -2.73. The minimum atomic E-state index is -0.916. The van der Waals surface area contributed by atoms with Crippen molar-refractivity contribution in [1.29, 1.82) is 0 Å². The fourth-order valence-electron chi connectivity index (χ4n) is 5.39. The van der Waals surface area contributed by atoms with Crippen LogP contribution in [-0.2, 0) is 16.1 Å². The third kappa shape index (κ3) is 5.22. The number of halogens is 1. The van der Waals surface area contributed by atoms with Gasteiger partial charge in [0, 0.05) is 13.6 Å². The van der Waals surface area contributed by atoms with Gasteiger partial charge in [0.2, 0.25) is 5.91 Å². The third-order valence-corrected chi connectivity index (χ3v) is 7.52. The van der Waals surface area contributed by atoms with Crippen molar-refractivity contribution < 1.29 is 23.5 Å². The fraction of sp³-hybridized carbons (Fsp3) is 0.300. The lowest BCUT2D eigenvalue weighted by atomic mass is 9.96. The van der Waals surface area contributed by atoms with Gasteiger partial charge < -0.3 is 19.9 Å². The predicted molar refractivity (Wildman–Crippen MR) is 146 cm³/mol. The molecule has 208 valence electrons. The Morgan fingerprint density at radius 3 is 2.35 bits per heavy atom. The monoisotopic (exact) mass is 545 g/mol. The molecular formula is C30H32FN5O4. The van der Waals surface area contributed by atoms with Crippen molar-refractivity contribution >= 4 is 17.8 Å². The Hall–Kier alpha value is -4.44. The third-order valence-electron chi connectivity index (χ3n) is 7.52. The number of urea groups is 1. The number of methoxy groups -OCH3 is 1. The summed E-state index contributed by atoms with van der Waals surface area (Å²) in [6.07, 6.45) is -0.757. The van der Waals surface area contributed by atoms with E-state index in [1.54, 1.807) is 36.2 Å². The molecule has 2 saturated heterocycles. The summed E-state index contributed by atoms with van der Waals surface area (Å²) in [5.74, 6) is -0.151. The van der Waals surface area contributed by atoms with E-state index in [0.717, 1.165) is 11.1 Å². The quantitative estimate of drug-likeness (QED) is 0.511. The van der Waals surface area contributed by atoms with Crippen LogP contribution >= 0.6 is 0 Å². The molecule has 10 heteroatoms. The van der Waals surface area contributed by atoms with E-state index in [4.69, 9.17) is 4.74 Å². The molecule has 2 heterocycles. The van der Waals surface area contributed by atoms with Crippen LogP contribution in [0.3, 0.4) is 0 Å². The van der Waals surface area contributed by atoms with Crippen LogP contribution in [0.25, 0.3) is 0 Å². The molecule has 3 atom stereocenters. The van der Waals surface area contributed by atoms with Crippen molar-refractivity contribution in [2.75, 3.05) is 27.2 Å². The molecule has 1 N–H and O–H groups in total. The molecule has 0 saturated carbocycles. The predicted octanol–water partition coefficient (Wildman–Crippen LogP) is 3.71. The molecule has 3 aromatic rings. The van der Waals surface area contributed by atoms with Crippen LogP contribution < -0.4 is 10.1 Å². The van der Waals surface area contributed by atoms with Gasteiger partial charge in [-0.05, 0) is 47.9 Å². The molecule has 9 nitrogen and oxygen atoms in total. The summed E-state index contributed by atoms with van der Waals surface area (Å²) < 4.78 is 18.9. The summed E-state index contributed by atoms with van der Waals surface area (Å²) >= 11 is 0. The number of likely N-dealkylation sites (N-methyl/N-ethyl adjacent to an activating group) is 1. The number of hydrogen-bond donors (Lipinski definition) is 1. The summed E-state index contributed by atoms with van der Waals surface area (Å²) in [5.41, 5.74) is 2.29. The Bertz CT molecular complexity index is 1370. The van der Waals surface area contributed by atoms with Gasteiger partial charge in [0.15, 0.2) is 0 Å². The van der Waals surface area contributed by atoms with E-state index in [1.807, 2.05) is 61.5 Å². The minimum Gasteiger partial charge on any atom is -0.497 e. The summed E-state index contributed by atoms with van der Waals surface area (Å²) in [6.45, 7) is 2.17. The zero-order valence-corrected chi connectivity index (χ0v) is 22.7. The summed E-state index contributed by atoms with van der Waals surface area (Å²) in [6, 6.07) is 20.8. The van der Waals surface area contributed by atoms with Crippen molar-refractivity contribution in [2.24, 2.45) is 0 Å². The highest BCUT2D eigenvalue weighted by Crippen LogP contribution is 2.37. The molecule has 40 heavy (non-hydrogen) atoms. The number of carbonyl (C=O) groups is 3. The first-order valence-corrected chi connectivity index (χ1v) is 13.1. The Kier molecular flexibility index (Phi) is 7.70. The van der Waals surface area contributed by atoms with E-state index < -0.39 is 24.3 Å². The summed E-state index contributed by atoms with van der Waals surface area (Å²) in [7, 11) is 3.28. The number of ether oxygens (including phenoxy) is 1. The number of benzene rings is 3. The van der Waals surface area contributed by atoms with Crippen molar-refractivity contribution in [1.82, 2.24) is 25.1 Å². The Balaban J connectivity index is 1.47. The highest BCUT2D eigenvalue weighted by molar-refractivity contribution is 5.92. The number of fused-ring (bicyclic) bond motifs is 1. The van der Waals surface area contributed by atoms with Gasteiger partial charge in [-0.2, -0.15) is 0 Å². The van der Waals surface area contributed by atoms with E-state index in [9.17, 15) is 18.8 Å². The van der Waals surface area contributed by atoms with Crippen LogP contribution in [0.15, 0.2) is 78.9 Å². The first-order valence-electron chi connectivity index (χ1n) is 13.1. The van der Waals surface area contributed by atoms with Crippen LogP contribution in [0.2, 0.25) is 0 Å². The van der Waals surface area contributed by atoms with E-state index in [1.165, 1.54) is 22.0 Å². The fourth-order valence-corrected chi connectivity index (χ4v) is 5.39. The Labute approximate surface area is 232 Å². The molecule has 0 spiro atoms. The maximum atomic E-state index is 14.0. The van der Waals surface area contributed by atoms with Gasteiger partial charge in [-0.15, -0.1) is 0 Å². The van der Waals surface area contributed by atoms with E-state index >= 15 is 0 Å². The number of hydrogen-bond acceptors (Lipinski definition) is 5. The zero-order chi connectivity index (χ0) is 28.4. The molecule has 3 aromatic carbocycles. The second-order valence-corrected chi connectivity index (χ2v) is 9.98. The number of hydrazine groups is 1. The number of piperazine rings is 1. The van der Waals surface area contributed by atoms with Crippen molar-refractivity contribution in [3.63, 3.8) is 0 Å². The van der Waals surface area contributed by atoms with E-state index in [2.05, 4.69) is 5.32 Å². The van der Waals surface area contributed by atoms with E-state index in [-0.39, 0.29) is 37.3 Å². The molecule has 5 rings (SSSR count). The number of nitrogens with zero attached hydrogens (tertiary/aromatic N) is 4. The van der Waals surface area contributed by atoms with Gasteiger partial charge in [0.05, 0.1) is 26.2 Å². The van der Waals surface area contributed by atoms with Gasteiger partial charge >= 0.3 is 6.03 Å². The smallest absolute Gasteiger partial charge is 0.334 e. The minimum absolute atomic E-state index is 0.0589. The summed E-state index contributed by atoms with van der Waals surface area (Å²) in [4.78, 5) is 44.3. The second-order valence-electron chi connectivity index (χ2n) is 9.98. The largest absolute Gasteiger partial charge is 0.497 e. The first kappa shape index (κ1) is 27.1. The molecule has 0 aliphatic carbocycles. The van der Waals surface area contributed by atoms with E-state index in [0.29, 0.717) is 11.3 Å². The topological polar surface area (TPSA) is 85.4 Å². The first-order chi connectivity index (χ1) is 19.3. The number of rotatable bonds is 6. The summed E-state index contributed by atoms with van der Waals surface area (Å²) in [5, 5.41) is 6.05. The van der Waals surface area contributed by atoms with Crippen LogP contribution in [0.4, 0.5) is 9.18 Å². The highest BCUT2D eigenvalue weighted by Gasteiger charge is 2.52. The van der Waals surface area contributed by atoms with Crippen LogP contribution in [0.1, 0.15) is 35.7 Å². The standard InChI is InChI=1S/C30H32FN5O4/c1-20(22-11-13-24(31)14-12-22)34-18-26-35(28(29(34)38)23-7-5-4-6-8-23)27(37)19-33(2)36(26)30(39)32-17-21-9-15-25(40-3)16-10-21/h4-16,20,26,28H,17-19H2,1-3H3,(H,32,39). The van der Waals surface area contributed by atoms with Crippen molar-refractivity contribution in [2.45, 2.75) is 31.7 Å². The molecule has 3 unspecified atom stereocenters. The van der Waals surface area contributed by atoms with Crippen molar-refractivity contribution in [3.05, 3.63) is 101 Å². The number of nitrogens with one attached hydrogen (secondary N) is 1. The highest BCUT2D eigenvalue weighted by atomic mass is 19.1. The van der Waals surface area contributed by atoms with Gasteiger partial charge in [-0.3, -0.25) is 9.59 Å². The molecule has 0 radical (unpaired) electrons. The molecule has 2 aliphatic rings. The maximum Gasteiger partial charge on any atom is 0.334 e. The number of carbonyl (C=O) groups excluding carboxylic acids is 3. The van der Waals surface area contributed by atoms with Gasteiger partial charge in [0.1, 0.15) is 23.8 Å². The van der Waals surface area contributed by atoms with Crippen LogP contribution in [0.5, 0.6) is 5.75 Å². The maximum absolute atomic E-state index is 14.0. The van der Waals surface area contributed by atoms with Gasteiger partial charge in [0.25, 0.3) is 5.91 Å². The molecule has 2 aliphatic heterocycles. The van der Waals surface area contributed by atoms with Crippen LogP contribution in [-0.4, -0.2) is 71.1 Å². The average Bonchev–Trinajstić information content (AvgIpc) is 2.96. The Morgan fingerprint density at radius 2 is 1.70 bits per heavy atom. The zero-order valence-electron chi connectivity index (χ0n) is 22.7. The van der Waals surface area contributed by atoms with Gasteiger partial charge in [-0.25, -0.2) is 19.2 Å². The van der Waals surface area contributed by atoms with Crippen molar-refractivity contribution in [3.8, 4) is 5.75 Å². The molecule has 0 bridgehead atoms. The Morgan fingerprint density at radius 1 is 1.02 bits per heavy atom.